The zero-order valence-corrected chi connectivity index (χ0v) is 35.8. The van der Waals surface area contributed by atoms with E-state index in [2.05, 4.69) is 66.2 Å². The van der Waals surface area contributed by atoms with Crippen LogP contribution in [0.3, 0.4) is 0 Å². The molecule has 7 atom stereocenters. The number of hydrogen-bond donors (Lipinski definition) is 9. The van der Waals surface area contributed by atoms with Gasteiger partial charge in [-0.3, -0.25) is 13.9 Å². The Labute approximate surface area is 346 Å². The van der Waals surface area contributed by atoms with Crippen LogP contribution in [0, 0.1) is 6.92 Å². The summed E-state index contributed by atoms with van der Waals surface area (Å²) in [5.41, 5.74) is 8.79. The molecule has 28 heteroatoms. The number of imidazole rings is 1. The van der Waals surface area contributed by atoms with Crippen molar-refractivity contribution in [1.82, 2.24) is 35.0 Å². The van der Waals surface area contributed by atoms with E-state index in [1.807, 2.05) is 13.0 Å². The second-order valence-electron chi connectivity index (χ2n) is 15.1. The Kier molecular flexibility index (Phi) is 13.5. The number of phosphoric acid groups is 1. The van der Waals surface area contributed by atoms with Gasteiger partial charge in [-0.2, -0.15) is 4.31 Å². The van der Waals surface area contributed by atoms with Crippen molar-refractivity contribution in [2.75, 3.05) is 36.9 Å². The molecule has 2 aliphatic rings. The van der Waals surface area contributed by atoms with Gasteiger partial charge in [-0.05, 0) is 56.7 Å². The number of phosphoric ester groups is 1. The summed E-state index contributed by atoms with van der Waals surface area (Å²) >= 11 is 0. The molecule has 0 aliphatic carbocycles. The summed E-state index contributed by atoms with van der Waals surface area (Å²) in [5.74, 6) is -0.0585. The molecule has 2 amide bonds. The molecule has 1 saturated heterocycles. The van der Waals surface area contributed by atoms with E-state index in [-0.39, 0.29) is 53.9 Å². The number of aliphatic hydroxyl groups is 1. The Balaban J connectivity index is 1.03. The molecule has 0 saturated carbocycles. The van der Waals surface area contributed by atoms with E-state index < -0.39 is 66.2 Å². The number of aromatic nitrogens is 4. The van der Waals surface area contributed by atoms with Gasteiger partial charge in [-0.25, -0.2) is 38.2 Å². The van der Waals surface area contributed by atoms with Crippen molar-refractivity contribution in [3.63, 3.8) is 0 Å². The van der Waals surface area contributed by atoms with Crippen LogP contribution in [0.5, 0.6) is 0 Å². The van der Waals surface area contributed by atoms with Crippen LogP contribution >= 0.6 is 23.3 Å². The molecule has 334 valence electrons. The van der Waals surface area contributed by atoms with Gasteiger partial charge < -0.3 is 59.8 Å². The lowest BCUT2D eigenvalue weighted by atomic mass is 9.79. The van der Waals surface area contributed by atoms with Crippen molar-refractivity contribution in [2.24, 2.45) is 0 Å². The quantitative estimate of drug-likeness (QED) is 0.0439. The van der Waals surface area contributed by atoms with E-state index in [0.717, 1.165) is 39.8 Å². The number of amides is 2. The van der Waals surface area contributed by atoms with Crippen LogP contribution in [-0.2, 0) is 36.8 Å². The number of fused-ring (bicyclic) bond motifs is 3. The second kappa shape index (κ2) is 17.8. The number of nitrogens with zero attached hydrogens (tertiary/aromatic N) is 5. The predicted molar refractivity (Wildman–Crippen MR) is 214 cm³/mol. The number of nitrogen functional groups attached to an aromatic ring is 1. The van der Waals surface area contributed by atoms with Gasteiger partial charge in [-0.15, -0.1) is 4.86 Å². The molecule has 0 radical (unpaired) electrons. The Morgan fingerprint density at radius 2 is 1.79 bits per heavy atom. The molecule has 2 aliphatic heterocycles. The molecule has 0 spiro atoms. The summed E-state index contributed by atoms with van der Waals surface area (Å²) in [6, 6.07) is 5.44. The van der Waals surface area contributed by atoms with Crippen molar-refractivity contribution >= 4 is 69.0 Å². The first kappa shape index (κ1) is 46.2. The van der Waals surface area contributed by atoms with E-state index in [1.54, 1.807) is 0 Å². The highest BCUT2D eigenvalue weighted by Crippen LogP contribution is 2.61. The lowest BCUT2D eigenvalue weighted by Crippen LogP contribution is -2.49. The molecule has 4 aromatic rings. The minimum absolute atomic E-state index is 0.00277. The average Bonchev–Trinajstić information content (AvgIpc) is 3.69. The maximum atomic E-state index is 13.0. The van der Waals surface area contributed by atoms with Crippen molar-refractivity contribution in [3.05, 3.63) is 52.4 Å². The van der Waals surface area contributed by atoms with Crippen LogP contribution < -0.4 is 31.8 Å². The smallest absolute Gasteiger partial charge is 0.439 e. The van der Waals surface area contributed by atoms with E-state index in [0.29, 0.717) is 18.5 Å². The lowest BCUT2D eigenvalue weighted by Gasteiger charge is -2.47. The number of carbonyl (C=O) groups excluding carboxylic acids is 2. The molecule has 1 fully saturated rings. The number of aliphatic hydroxyl groups excluding tert-OH is 1. The third kappa shape index (κ3) is 11.0. The minimum atomic E-state index is -5.60. The third-order valence-corrected chi connectivity index (χ3v) is 14.3. The van der Waals surface area contributed by atoms with Crippen LogP contribution in [0.4, 0.5) is 16.3 Å². The monoisotopic (exact) mass is 917 g/mol. The standard InChI is InChI=1S/C33H46N9O16P3/c1-17-10-25(44)55-22-12-21-19(11-20(17)22)18(2)13-33(3,4)42(21)9-5-6-24(43)35-7-8-36-32(46)57-28-27(45)23(14-54-61(52,53)58-60(50,51)40-59(47,48)49)56-31(28)41-16-39-26-29(34)37-15-38-30(26)41/h10-12,15-16,18,23,27-28,31,45H,5-9,13-14H2,1-4H3,(H,35,43)(H,36,46)(H,52,53)(H2,34,37,38)(H4,40,47,48,49,50,51)/t18?,23-,27-,28-,31-/m1/s1. The summed E-state index contributed by atoms with van der Waals surface area (Å²) in [4.78, 5) is 90.4. The lowest BCUT2D eigenvalue weighted by molar-refractivity contribution is -0.121. The number of benzene rings is 1. The highest BCUT2D eigenvalue weighted by molar-refractivity contribution is 7.70. The number of hydrogen-bond acceptors (Lipinski definition) is 17. The first-order valence-electron chi connectivity index (χ1n) is 18.6. The Bertz CT molecular complexity index is 2510. The first-order valence-corrected chi connectivity index (χ1v) is 23.3. The number of nitrogens with two attached hydrogens (primary N) is 1. The summed E-state index contributed by atoms with van der Waals surface area (Å²) in [5, 5.41) is 17.2. The summed E-state index contributed by atoms with van der Waals surface area (Å²) in [6.07, 6.45) is -3.72. The summed E-state index contributed by atoms with van der Waals surface area (Å²) in [6.45, 7) is 7.66. The molecule has 3 aromatic heterocycles. The topological polar surface area (TPSA) is 363 Å². The normalized spacial score (nSPS) is 23.3. The average molecular weight is 918 g/mol. The van der Waals surface area contributed by atoms with Crippen LogP contribution in [0.15, 0.2) is 40.1 Å². The fraction of sp³-hybridized carbons (Fsp3) is 0.515. The van der Waals surface area contributed by atoms with Gasteiger partial charge in [0, 0.05) is 54.8 Å². The number of ether oxygens (including phenoxy) is 2. The maximum Gasteiger partial charge on any atom is 0.480 e. The van der Waals surface area contributed by atoms with Gasteiger partial charge in [-0.1, -0.05) is 6.92 Å². The Morgan fingerprint density at radius 3 is 2.51 bits per heavy atom. The number of carbonyl (C=O) groups is 2. The molecule has 6 rings (SSSR count). The minimum Gasteiger partial charge on any atom is -0.439 e. The van der Waals surface area contributed by atoms with E-state index in [4.69, 9.17) is 29.4 Å². The number of aryl methyl sites for hydroxylation is 1. The second-order valence-corrected chi connectivity index (χ2v) is 19.9. The maximum absolute atomic E-state index is 13.0. The number of alkyl carbamates (subject to hydrolysis) is 1. The molecule has 1 aromatic carbocycles. The summed E-state index contributed by atoms with van der Waals surface area (Å²) in [7, 11) is -16.6. The molecule has 5 heterocycles. The Morgan fingerprint density at radius 1 is 1.07 bits per heavy atom. The van der Waals surface area contributed by atoms with Crippen LogP contribution in [0.1, 0.15) is 63.3 Å². The van der Waals surface area contributed by atoms with Crippen LogP contribution in [0.2, 0.25) is 0 Å². The van der Waals surface area contributed by atoms with Gasteiger partial charge in [0.05, 0.1) is 12.9 Å². The van der Waals surface area contributed by atoms with Crippen LogP contribution in [0.25, 0.3) is 22.1 Å². The van der Waals surface area contributed by atoms with Gasteiger partial charge in [0.25, 0.3) is 0 Å². The molecule has 61 heavy (non-hydrogen) atoms. The molecular formula is C33H46N9O16P3. The van der Waals surface area contributed by atoms with E-state index >= 15 is 0 Å². The molecule has 25 nitrogen and oxygen atoms in total. The number of nitrogens with one attached hydrogen (secondary N) is 3. The number of anilines is 2. The predicted octanol–water partition coefficient (Wildman–Crippen LogP) is 1.78. The highest BCUT2D eigenvalue weighted by Gasteiger charge is 2.49. The van der Waals surface area contributed by atoms with Gasteiger partial charge >= 0.3 is 35.0 Å². The fourth-order valence-electron chi connectivity index (χ4n) is 7.51. The van der Waals surface area contributed by atoms with Crippen molar-refractivity contribution in [1.29, 1.82) is 0 Å². The zero-order valence-electron chi connectivity index (χ0n) is 33.1. The van der Waals surface area contributed by atoms with Crippen molar-refractivity contribution in [3.8, 4) is 0 Å². The van der Waals surface area contributed by atoms with Gasteiger partial charge in [0.15, 0.2) is 23.8 Å². The van der Waals surface area contributed by atoms with Gasteiger partial charge in [0.1, 0.15) is 29.6 Å². The highest BCUT2D eigenvalue weighted by atomic mass is 31.3. The van der Waals surface area contributed by atoms with Gasteiger partial charge in [0.2, 0.25) is 5.91 Å². The molecule has 3 unspecified atom stereocenters. The van der Waals surface area contributed by atoms with E-state index in [9.17, 15) is 43.0 Å². The summed E-state index contributed by atoms with van der Waals surface area (Å²) < 4.78 is 62.0. The molecule has 0 bridgehead atoms. The van der Waals surface area contributed by atoms with Crippen molar-refractivity contribution in [2.45, 2.75) is 83.0 Å². The van der Waals surface area contributed by atoms with Crippen LogP contribution in [-0.4, -0.2) is 106 Å². The molecule has 10 N–H and O–H groups in total. The number of rotatable bonds is 16. The first-order chi connectivity index (χ1) is 28.4. The van der Waals surface area contributed by atoms with Crippen molar-refractivity contribution < 1.29 is 70.7 Å². The fourth-order valence-corrected chi connectivity index (χ4v) is 10.9. The SMILES string of the molecule is Cc1cc(=O)oc2cc3c(cc12)C(C)CC(C)(C)N3CCCC(=O)NCCNC(=O)O[C@@H]1[C@H](O)[C@@H](COP(=O)(O)OP(=O)(O)NP(=O)(O)O)O[C@H]1n1cnc2c(N)ncnc21. The zero-order chi connectivity index (χ0) is 44.7. The molecular weight excluding hydrogens is 871 g/mol. The Hall–Kier alpha value is -4.35. The van der Waals surface area contributed by atoms with E-state index in [1.165, 1.54) is 17.0 Å². The largest absolute Gasteiger partial charge is 0.480 e. The third-order valence-electron chi connectivity index (χ3n) is 10.0.